The summed E-state index contributed by atoms with van der Waals surface area (Å²) < 4.78 is 43.1. The van der Waals surface area contributed by atoms with E-state index in [1.54, 1.807) is 0 Å². The molecule has 17 heavy (non-hydrogen) atoms. The lowest BCUT2D eigenvalue weighted by Crippen LogP contribution is -2.39. The molecule has 1 aromatic carbocycles. The van der Waals surface area contributed by atoms with E-state index in [-0.39, 0.29) is 0 Å². The summed E-state index contributed by atoms with van der Waals surface area (Å²) in [5.74, 6) is -1.62. The summed E-state index contributed by atoms with van der Waals surface area (Å²) in [6, 6.07) is 3.82. The highest BCUT2D eigenvalue weighted by atomic mass is 32.2. The second kappa shape index (κ2) is 5.24. The van der Waals surface area contributed by atoms with Gasteiger partial charge in [-0.2, -0.15) is 4.72 Å². The Morgan fingerprint density at radius 3 is 2.53 bits per heavy atom. The molecule has 0 aliphatic rings. The average Bonchev–Trinajstić information content (AvgIpc) is 2.27. The molecule has 0 radical (unpaired) electrons. The molecule has 0 aromatic heterocycles. The third kappa shape index (κ3) is 3.24. The third-order valence-electron chi connectivity index (χ3n) is 2.01. The SMILES string of the molecule is COC(=O)C(C)NS(=O)(=O)c1ccccc1F. The van der Waals surface area contributed by atoms with Gasteiger partial charge >= 0.3 is 5.97 Å². The van der Waals surface area contributed by atoms with Gasteiger partial charge in [-0.3, -0.25) is 4.79 Å². The highest BCUT2D eigenvalue weighted by Gasteiger charge is 2.24. The Balaban J connectivity index is 2.98. The number of hydrogen-bond donors (Lipinski definition) is 1. The normalized spacial score (nSPS) is 13.1. The van der Waals surface area contributed by atoms with E-state index in [9.17, 15) is 17.6 Å². The fourth-order valence-electron chi connectivity index (χ4n) is 1.18. The van der Waals surface area contributed by atoms with E-state index in [1.165, 1.54) is 19.1 Å². The minimum atomic E-state index is -4.07. The van der Waals surface area contributed by atoms with E-state index in [0.717, 1.165) is 19.2 Å². The number of carbonyl (C=O) groups excluding carboxylic acids is 1. The average molecular weight is 261 g/mol. The van der Waals surface area contributed by atoms with E-state index in [1.807, 2.05) is 4.72 Å². The molecule has 1 atom stereocenters. The van der Waals surface area contributed by atoms with Crippen LogP contribution in [0.1, 0.15) is 6.92 Å². The van der Waals surface area contributed by atoms with E-state index >= 15 is 0 Å². The zero-order valence-electron chi connectivity index (χ0n) is 9.31. The first-order chi connectivity index (χ1) is 7.88. The van der Waals surface area contributed by atoms with Crippen LogP contribution in [0.2, 0.25) is 0 Å². The van der Waals surface area contributed by atoms with Gasteiger partial charge in [0, 0.05) is 0 Å². The molecule has 0 fully saturated rings. The molecule has 0 heterocycles. The summed E-state index contributed by atoms with van der Waals surface area (Å²) in [5.41, 5.74) is 0. The van der Waals surface area contributed by atoms with Gasteiger partial charge in [0.15, 0.2) is 0 Å². The first-order valence-corrected chi connectivity index (χ1v) is 6.21. The number of sulfonamides is 1. The molecule has 94 valence electrons. The summed E-state index contributed by atoms with van der Waals surface area (Å²) >= 11 is 0. The van der Waals surface area contributed by atoms with Crippen molar-refractivity contribution in [2.75, 3.05) is 7.11 Å². The van der Waals surface area contributed by atoms with Crippen LogP contribution in [0, 0.1) is 5.82 Å². The molecular weight excluding hydrogens is 249 g/mol. The maximum atomic E-state index is 13.3. The Morgan fingerprint density at radius 1 is 1.41 bits per heavy atom. The molecule has 0 amide bonds. The summed E-state index contributed by atoms with van der Waals surface area (Å²) in [4.78, 5) is 10.6. The topological polar surface area (TPSA) is 72.5 Å². The second-order valence-corrected chi connectivity index (χ2v) is 4.98. The zero-order chi connectivity index (χ0) is 13.1. The van der Waals surface area contributed by atoms with Gasteiger partial charge in [-0.05, 0) is 19.1 Å². The molecule has 1 unspecified atom stereocenters. The van der Waals surface area contributed by atoms with E-state index < -0.39 is 32.7 Å². The van der Waals surface area contributed by atoms with Crippen molar-refractivity contribution < 1.29 is 22.3 Å². The monoisotopic (exact) mass is 261 g/mol. The molecule has 0 aliphatic heterocycles. The Labute approximate surface area is 98.6 Å². The zero-order valence-corrected chi connectivity index (χ0v) is 10.1. The molecule has 1 N–H and O–H groups in total. The molecule has 0 bridgehead atoms. The van der Waals surface area contributed by atoms with Crippen LogP contribution in [-0.2, 0) is 19.6 Å². The van der Waals surface area contributed by atoms with Gasteiger partial charge in [-0.1, -0.05) is 12.1 Å². The Bertz CT molecular complexity index is 515. The van der Waals surface area contributed by atoms with E-state index in [0.29, 0.717) is 0 Å². The van der Waals surface area contributed by atoms with Crippen LogP contribution in [0.5, 0.6) is 0 Å². The standard InChI is InChI=1S/C10H12FNO4S/c1-7(10(13)16-2)12-17(14,15)9-6-4-3-5-8(9)11/h3-7,12H,1-2H3. The maximum absolute atomic E-state index is 13.3. The number of methoxy groups -OCH3 is 1. The summed E-state index contributed by atoms with van der Waals surface area (Å²) in [6.45, 7) is 1.31. The fourth-order valence-corrected chi connectivity index (χ4v) is 2.45. The molecular formula is C10H12FNO4S. The maximum Gasteiger partial charge on any atom is 0.323 e. The van der Waals surface area contributed by atoms with Crippen LogP contribution >= 0.6 is 0 Å². The fraction of sp³-hybridized carbons (Fsp3) is 0.300. The number of halogens is 1. The highest BCUT2D eigenvalue weighted by molar-refractivity contribution is 7.89. The molecule has 0 saturated carbocycles. The van der Waals surface area contributed by atoms with Crippen LogP contribution in [0.25, 0.3) is 0 Å². The van der Waals surface area contributed by atoms with Crippen molar-refractivity contribution in [2.45, 2.75) is 17.9 Å². The van der Waals surface area contributed by atoms with Crippen molar-refractivity contribution in [3.63, 3.8) is 0 Å². The van der Waals surface area contributed by atoms with Crippen LogP contribution < -0.4 is 4.72 Å². The van der Waals surface area contributed by atoms with Gasteiger partial charge < -0.3 is 4.74 Å². The molecule has 7 heteroatoms. The van der Waals surface area contributed by atoms with Crippen LogP contribution in [0.4, 0.5) is 4.39 Å². The van der Waals surface area contributed by atoms with Gasteiger partial charge in [0.1, 0.15) is 16.8 Å². The summed E-state index contributed by atoms with van der Waals surface area (Å²) in [5, 5.41) is 0. The predicted octanol–water partition coefficient (Wildman–Crippen LogP) is 0.665. The first kappa shape index (κ1) is 13.6. The predicted molar refractivity (Wildman–Crippen MR) is 58.2 cm³/mol. The number of benzene rings is 1. The van der Waals surface area contributed by atoms with Gasteiger partial charge in [-0.15, -0.1) is 0 Å². The number of ether oxygens (including phenoxy) is 1. The van der Waals surface area contributed by atoms with Crippen LogP contribution in [0.3, 0.4) is 0 Å². The smallest absolute Gasteiger partial charge is 0.323 e. The molecule has 1 aromatic rings. The molecule has 1 rings (SSSR count). The highest BCUT2D eigenvalue weighted by Crippen LogP contribution is 2.13. The van der Waals surface area contributed by atoms with E-state index in [2.05, 4.69) is 4.74 Å². The minimum absolute atomic E-state index is 0.504. The van der Waals surface area contributed by atoms with Gasteiger partial charge in [0.2, 0.25) is 10.0 Å². The lowest BCUT2D eigenvalue weighted by molar-refractivity contribution is -0.142. The molecule has 0 saturated heterocycles. The van der Waals surface area contributed by atoms with Crippen molar-refractivity contribution in [1.82, 2.24) is 4.72 Å². The Morgan fingerprint density at radius 2 is 2.00 bits per heavy atom. The number of nitrogens with one attached hydrogen (secondary N) is 1. The third-order valence-corrected chi connectivity index (χ3v) is 3.59. The number of carbonyl (C=O) groups is 1. The van der Waals surface area contributed by atoms with Crippen molar-refractivity contribution in [2.24, 2.45) is 0 Å². The number of hydrogen-bond acceptors (Lipinski definition) is 4. The van der Waals surface area contributed by atoms with Crippen molar-refractivity contribution in [3.05, 3.63) is 30.1 Å². The van der Waals surface area contributed by atoms with Crippen LogP contribution in [-0.4, -0.2) is 27.5 Å². The lowest BCUT2D eigenvalue weighted by atomic mass is 10.3. The van der Waals surface area contributed by atoms with Gasteiger partial charge in [-0.25, -0.2) is 12.8 Å². The minimum Gasteiger partial charge on any atom is -0.468 e. The molecule has 0 aliphatic carbocycles. The second-order valence-electron chi connectivity index (χ2n) is 3.30. The van der Waals surface area contributed by atoms with Crippen molar-refractivity contribution in [3.8, 4) is 0 Å². The number of esters is 1. The van der Waals surface area contributed by atoms with Crippen LogP contribution in [0.15, 0.2) is 29.2 Å². The summed E-state index contributed by atoms with van der Waals surface area (Å²) in [6.07, 6.45) is 0. The van der Waals surface area contributed by atoms with Gasteiger partial charge in [0.25, 0.3) is 0 Å². The van der Waals surface area contributed by atoms with Gasteiger partial charge in [0.05, 0.1) is 7.11 Å². The Hall–Kier alpha value is -1.47. The molecule has 5 nitrogen and oxygen atoms in total. The van der Waals surface area contributed by atoms with Crippen molar-refractivity contribution in [1.29, 1.82) is 0 Å². The summed E-state index contributed by atoms with van der Waals surface area (Å²) in [7, 11) is -2.94. The number of rotatable bonds is 4. The lowest BCUT2D eigenvalue weighted by Gasteiger charge is -2.12. The van der Waals surface area contributed by atoms with E-state index in [4.69, 9.17) is 0 Å². The molecule has 0 spiro atoms. The Kier molecular flexibility index (Phi) is 4.19. The first-order valence-electron chi connectivity index (χ1n) is 4.73. The van der Waals surface area contributed by atoms with Crippen molar-refractivity contribution >= 4 is 16.0 Å². The largest absolute Gasteiger partial charge is 0.468 e. The quantitative estimate of drug-likeness (QED) is 0.808.